The molecule has 0 bridgehead atoms. The van der Waals surface area contributed by atoms with Crippen LogP contribution in [0.1, 0.15) is 31.7 Å². The van der Waals surface area contributed by atoms with Gasteiger partial charge in [0.2, 0.25) is 0 Å². The van der Waals surface area contributed by atoms with Crippen molar-refractivity contribution in [2.45, 2.75) is 31.6 Å². The zero-order valence-corrected chi connectivity index (χ0v) is 14.9. The molecule has 1 atom stereocenters. The second-order valence-corrected chi connectivity index (χ2v) is 6.97. The first-order valence-corrected chi connectivity index (χ1v) is 8.55. The van der Waals surface area contributed by atoms with Gasteiger partial charge in [0.05, 0.1) is 14.2 Å². The third-order valence-corrected chi connectivity index (χ3v) is 5.29. The fourth-order valence-corrected chi connectivity index (χ4v) is 3.57. The Hall–Kier alpha value is -0.930. The number of benzene rings is 1. The Bertz CT molecular complexity index is 488. The Morgan fingerprint density at radius 1 is 1.23 bits per heavy atom. The summed E-state index contributed by atoms with van der Waals surface area (Å²) in [5.74, 6) is 2.86. The minimum atomic E-state index is 0.250. The smallest absolute Gasteiger partial charge is 0.161 e. The molecule has 1 aromatic rings. The van der Waals surface area contributed by atoms with E-state index in [1.807, 2.05) is 6.07 Å². The number of halogens is 1. The number of alkyl halides is 1. The van der Waals surface area contributed by atoms with Gasteiger partial charge in [-0.05, 0) is 43.5 Å². The number of hydrogen-bond acceptors (Lipinski definition) is 3. The van der Waals surface area contributed by atoms with Crippen molar-refractivity contribution < 1.29 is 9.47 Å². The standard InChI is InChI=1S/C18H28ClNO2/c1-14(11-19)12-20(2)13-18(8-5-9-18)15-6-7-16(21-3)17(10-15)22-4/h6-7,10,14H,5,8-9,11-13H2,1-4H3. The van der Waals surface area contributed by atoms with Gasteiger partial charge in [-0.25, -0.2) is 0 Å². The topological polar surface area (TPSA) is 21.7 Å². The van der Waals surface area contributed by atoms with Crippen LogP contribution in [-0.2, 0) is 5.41 Å². The van der Waals surface area contributed by atoms with Gasteiger partial charge in [-0.15, -0.1) is 11.6 Å². The van der Waals surface area contributed by atoms with Gasteiger partial charge >= 0.3 is 0 Å². The average Bonchev–Trinajstić information content (AvgIpc) is 2.50. The van der Waals surface area contributed by atoms with Gasteiger partial charge in [-0.3, -0.25) is 0 Å². The zero-order chi connectivity index (χ0) is 16.2. The third-order valence-electron chi connectivity index (χ3n) is 4.77. The molecule has 0 amide bonds. The van der Waals surface area contributed by atoms with Crippen molar-refractivity contribution in [2.75, 3.05) is 40.2 Å². The zero-order valence-electron chi connectivity index (χ0n) is 14.2. The van der Waals surface area contributed by atoms with Crippen LogP contribution in [0.2, 0.25) is 0 Å². The Kier molecular flexibility index (Phi) is 5.99. The maximum Gasteiger partial charge on any atom is 0.161 e. The van der Waals surface area contributed by atoms with Crippen molar-refractivity contribution in [3.63, 3.8) is 0 Å². The lowest BCUT2D eigenvalue weighted by Gasteiger charge is -2.45. The second-order valence-electron chi connectivity index (χ2n) is 6.66. The van der Waals surface area contributed by atoms with Crippen molar-refractivity contribution in [3.8, 4) is 11.5 Å². The molecular weight excluding hydrogens is 298 g/mol. The highest BCUT2D eigenvalue weighted by molar-refractivity contribution is 6.18. The van der Waals surface area contributed by atoms with E-state index >= 15 is 0 Å². The summed E-state index contributed by atoms with van der Waals surface area (Å²) in [6.07, 6.45) is 3.78. The van der Waals surface area contributed by atoms with Gasteiger partial charge < -0.3 is 14.4 Å². The van der Waals surface area contributed by atoms with Gasteiger partial charge in [0.15, 0.2) is 11.5 Å². The number of methoxy groups -OCH3 is 2. The van der Waals surface area contributed by atoms with Crippen molar-refractivity contribution in [2.24, 2.45) is 5.92 Å². The molecule has 0 heterocycles. The van der Waals surface area contributed by atoms with Gasteiger partial charge in [0.1, 0.15) is 0 Å². The number of ether oxygens (including phenoxy) is 2. The third kappa shape index (κ3) is 3.69. The Morgan fingerprint density at radius 2 is 1.91 bits per heavy atom. The highest BCUT2D eigenvalue weighted by atomic mass is 35.5. The van der Waals surface area contributed by atoms with Crippen LogP contribution in [0.4, 0.5) is 0 Å². The monoisotopic (exact) mass is 325 g/mol. The molecule has 0 radical (unpaired) electrons. The lowest BCUT2D eigenvalue weighted by atomic mass is 9.64. The molecule has 0 aromatic heterocycles. The quantitative estimate of drug-likeness (QED) is 0.676. The molecule has 1 aromatic carbocycles. The number of hydrogen-bond donors (Lipinski definition) is 0. The summed E-state index contributed by atoms with van der Waals surface area (Å²) in [4.78, 5) is 2.42. The SMILES string of the molecule is COc1ccc(C2(CN(C)CC(C)CCl)CCC2)cc1OC. The Morgan fingerprint density at radius 3 is 2.41 bits per heavy atom. The molecule has 0 saturated heterocycles. The van der Waals surface area contributed by atoms with Crippen LogP contribution in [0, 0.1) is 5.92 Å². The minimum absolute atomic E-state index is 0.250. The summed E-state index contributed by atoms with van der Waals surface area (Å²) >= 11 is 5.95. The molecule has 1 aliphatic carbocycles. The molecule has 0 aliphatic heterocycles. The number of rotatable bonds is 8. The van der Waals surface area contributed by atoms with E-state index in [0.717, 1.165) is 24.6 Å². The van der Waals surface area contributed by atoms with E-state index in [4.69, 9.17) is 21.1 Å². The maximum absolute atomic E-state index is 5.95. The molecule has 0 N–H and O–H groups in total. The summed E-state index contributed by atoms with van der Waals surface area (Å²) in [6, 6.07) is 6.37. The fraction of sp³-hybridized carbons (Fsp3) is 0.667. The molecule has 0 spiro atoms. The normalized spacial score (nSPS) is 17.9. The Labute approximate surface area is 139 Å². The summed E-state index contributed by atoms with van der Waals surface area (Å²) in [5.41, 5.74) is 1.61. The van der Waals surface area contributed by atoms with Gasteiger partial charge in [-0.1, -0.05) is 19.4 Å². The molecular formula is C18H28ClNO2. The molecule has 2 rings (SSSR count). The van der Waals surface area contributed by atoms with Gasteiger partial charge in [0.25, 0.3) is 0 Å². The van der Waals surface area contributed by atoms with E-state index in [1.165, 1.54) is 24.8 Å². The highest BCUT2D eigenvalue weighted by Crippen LogP contribution is 2.46. The van der Waals surface area contributed by atoms with Crippen LogP contribution in [-0.4, -0.2) is 45.1 Å². The molecule has 4 heteroatoms. The lowest BCUT2D eigenvalue weighted by Crippen LogP contribution is -2.45. The van der Waals surface area contributed by atoms with Gasteiger partial charge in [-0.2, -0.15) is 0 Å². The fourth-order valence-electron chi connectivity index (χ4n) is 3.47. The lowest BCUT2D eigenvalue weighted by molar-refractivity contribution is 0.150. The van der Waals surface area contributed by atoms with Crippen molar-refractivity contribution >= 4 is 11.6 Å². The first kappa shape index (κ1) is 17.4. The van der Waals surface area contributed by atoms with Crippen molar-refractivity contribution in [3.05, 3.63) is 23.8 Å². The molecule has 1 saturated carbocycles. The summed E-state index contributed by atoms with van der Waals surface area (Å²) in [6.45, 7) is 4.32. The predicted molar refractivity (Wildman–Crippen MR) is 92.5 cm³/mol. The van der Waals surface area contributed by atoms with Crippen LogP contribution in [0.5, 0.6) is 11.5 Å². The molecule has 124 valence electrons. The van der Waals surface area contributed by atoms with E-state index in [-0.39, 0.29) is 5.41 Å². The maximum atomic E-state index is 5.95. The predicted octanol–water partition coefficient (Wildman–Crippen LogP) is 3.93. The average molecular weight is 326 g/mol. The van der Waals surface area contributed by atoms with Crippen LogP contribution >= 0.6 is 11.6 Å². The molecule has 3 nitrogen and oxygen atoms in total. The first-order chi connectivity index (χ1) is 10.5. The van der Waals surface area contributed by atoms with Crippen LogP contribution in [0.15, 0.2) is 18.2 Å². The van der Waals surface area contributed by atoms with E-state index in [1.54, 1.807) is 14.2 Å². The number of likely N-dealkylation sites (N-methyl/N-ethyl adjacent to an activating group) is 1. The molecule has 1 fully saturated rings. The largest absolute Gasteiger partial charge is 0.493 e. The van der Waals surface area contributed by atoms with Crippen molar-refractivity contribution in [1.29, 1.82) is 0 Å². The van der Waals surface area contributed by atoms with E-state index in [2.05, 4.69) is 31.0 Å². The molecule has 22 heavy (non-hydrogen) atoms. The number of nitrogens with zero attached hydrogens (tertiary/aromatic N) is 1. The van der Waals surface area contributed by atoms with E-state index < -0.39 is 0 Å². The van der Waals surface area contributed by atoms with Crippen LogP contribution < -0.4 is 9.47 Å². The van der Waals surface area contributed by atoms with Gasteiger partial charge in [0, 0.05) is 24.4 Å². The first-order valence-electron chi connectivity index (χ1n) is 8.01. The van der Waals surface area contributed by atoms with Crippen molar-refractivity contribution in [1.82, 2.24) is 4.90 Å². The summed E-state index contributed by atoms with van der Waals surface area (Å²) < 4.78 is 10.8. The highest BCUT2D eigenvalue weighted by Gasteiger charge is 2.40. The molecule has 1 unspecified atom stereocenters. The Balaban J connectivity index is 2.16. The molecule has 1 aliphatic rings. The minimum Gasteiger partial charge on any atom is -0.493 e. The van der Waals surface area contributed by atoms with E-state index in [0.29, 0.717) is 11.8 Å². The van der Waals surface area contributed by atoms with E-state index in [9.17, 15) is 0 Å². The summed E-state index contributed by atoms with van der Waals surface area (Å²) in [7, 11) is 5.57. The van der Waals surface area contributed by atoms with Crippen LogP contribution in [0.3, 0.4) is 0 Å². The second kappa shape index (κ2) is 7.56. The summed E-state index contributed by atoms with van der Waals surface area (Å²) in [5, 5.41) is 0. The van der Waals surface area contributed by atoms with Crippen LogP contribution in [0.25, 0.3) is 0 Å².